The summed E-state index contributed by atoms with van der Waals surface area (Å²) in [5.74, 6) is 0.515. The van der Waals surface area contributed by atoms with Gasteiger partial charge in [-0.15, -0.1) is 0 Å². The average molecular weight is 320 g/mol. The quantitative estimate of drug-likeness (QED) is 0.936. The van der Waals surface area contributed by atoms with E-state index in [4.69, 9.17) is 27.6 Å². The summed E-state index contributed by atoms with van der Waals surface area (Å²) in [6.07, 6.45) is 1.48. The molecule has 1 N–H and O–H groups in total. The molecule has 1 atom stereocenters. The van der Waals surface area contributed by atoms with Crippen LogP contribution in [0.1, 0.15) is 18.7 Å². The van der Waals surface area contributed by atoms with Crippen LogP contribution in [0.4, 0.5) is 0 Å². The van der Waals surface area contributed by atoms with Gasteiger partial charge in [-0.05, 0) is 31.2 Å². The molecule has 0 unspecified atom stereocenters. The predicted molar refractivity (Wildman–Crippen MR) is 73.9 cm³/mol. The van der Waals surface area contributed by atoms with Crippen molar-refractivity contribution in [1.29, 1.82) is 0 Å². The van der Waals surface area contributed by atoms with Crippen LogP contribution in [-0.2, 0) is 10.0 Å². The molecule has 0 saturated carbocycles. The Hall–Kier alpha value is -1.01. The third-order valence-corrected chi connectivity index (χ3v) is 5.02. The van der Waals surface area contributed by atoms with E-state index in [0.717, 1.165) is 0 Å². The number of benzene rings is 1. The highest BCUT2D eigenvalue weighted by molar-refractivity contribution is 7.89. The van der Waals surface area contributed by atoms with Crippen LogP contribution in [0, 0.1) is 0 Å². The summed E-state index contributed by atoms with van der Waals surface area (Å²) in [5, 5.41) is 0.193. The number of rotatable bonds is 4. The summed E-state index contributed by atoms with van der Waals surface area (Å²) in [6.45, 7) is 1.68. The summed E-state index contributed by atoms with van der Waals surface area (Å²) >= 11 is 11.7. The van der Waals surface area contributed by atoms with Gasteiger partial charge in [0.1, 0.15) is 10.7 Å². The Morgan fingerprint density at radius 3 is 2.58 bits per heavy atom. The van der Waals surface area contributed by atoms with Crippen molar-refractivity contribution < 1.29 is 12.8 Å². The molecular weight excluding hydrogens is 309 g/mol. The maximum atomic E-state index is 12.2. The molecule has 7 heteroatoms. The third-order valence-electron chi connectivity index (χ3n) is 2.51. The zero-order chi connectivity index (χ0) is 14.0. The largest absolute Gasteiger partial charge is 0.468 e. The van der Waals surface area contributed by atoms with Crippen LogP contribution >= 0.6 is 23.2 Å². The fraction of sp³-hybridized carbons (Fsp3) is 0.167. The minimum absolute atomic E-state index is 0.00307. The van der Waals surface area contributed by atoms with Gasteiger partial charge in [0.2, 0.25) is 10.0 Å². The van der Waals surface area contributed by atoms with Gasteiger partial charge in [0.15, 0.2) is 0 Å². The minimum atomic E-state index is -3.77. The first kappa shape index (κ1) is 14.4. The molecule has 102 valence electrons. The van der Waals surface area contributed by atoms with Gasteiger partial charge < -0.3 is 4.42 Å². The second-order valence-electron chi connectivity index (χ2n) is 3.91. The van der Waals surface area contributed by atoms with E-state index in [1.54, 1.807) is 19.1 Å². The first-order valence-corrected chi connectivity index (χ1v) is 7.65. The summed E-state index contributed by atoms with van der Waals surface area (Å²) < 4.78 is 32.1. The van der Waals surface area contributed by atoms with E-state index in [0.29, 0.717) is 5.76 Å². The lowest BCUT2D eigenvalue weighted by Crippen LogP contribution is -2.26. The van der Waals surface area contributed by atoms with Gasteiger partial charge >= 0.3 is 0 Å². The number of halogens is 2. The molecule has 1 aromatic heterocycles. The molecule has 19 heavy (non-hydrogen) atoms. The molecule has 0 aliphatic carbocycles. The third kappa shape index (κ3) is 3.12. The highest BCUT2D eigenvalue weighted by atomic mass is 35.5. The second kappa shape index (κ2) is 5.54. The van der Waals surface area contributed by atoms with Crippen LogP contribution in [0.2, 0.25) is 10.0 Å². The van der Waals surface area contributed by atoms with Crippen LogP contribution in [0.25, 0.3) is 0 Å². The highest BCUT2D eigenvalue weighted by Crippen LogP contribution is 2.29. The standard InChI is InChI=1S/C12H11Cl2NO3S/c1-8(10-5-3-7-18-10)15-19(16,17)11-6-2-4-9(13)12(11)14/h2-8,15H,1H3/t8-/m0/s1. The van der Waals surface area contributed by atoms with Crippen LogP contribution in [-0.4, -0.2) is 8.42 Å². The smallest absolute Gasteiger partial charge is 0.242 e. The van der Waals surface area contributed by atoms with Crippen molar-refractivity contribution in [3.8, 4) is 0 Å². The van der Waals surface area contributed by atoms with Crippen LogP contribution in [0.3, 0.4) is 0 Å². The highest BCUT2D eigenvalue weighted by Gasteiger charge is 2.23. The van der Waals surface area contributed by atoms with E-state index in [2.05, 4.69) is 4.72 Å². The second-order valence-corrected chi connectivity index (χ2v) is 6.38. The molecule has 1 heterocycles. The Balaban J connectivity index is 2.31. The van der Waals surface area contributed by atoms with Crippen LogP contribution in [0.5, 0.6) is 0 Å². The molecule has 0 saturated heterocycles. The SMILES string of the molecule is C[C@H](NS(=O)(=O)c1cccc(Cl)c1Cl)c1ccco1. The Bertz CT molecular complexity index is 668. The van der Waals surface area contributed by atoms with E-state index in [-0.39, 0.29) is 14.9 Å². The molecule has 0 aliphatic heterocycles. The minimum Gasteiger partial charge on any atom is -0.468 e. The lowest BCUT2D eigenvalue weighted by molar-refractivity contribution is 0.459. The first-order chi connectivity index (χ1) is 8.92. The van der Waals surface area contributed by atoms with Crippen LogP contribution in [0.15, 0.2) is 45.9 Å². The number of nitrogens with one attached hydrogen (secondary N) is 1. The van der Waals surface area contributed by atoms with Gasteiger partial charge in [-0.3, -0.25) is 0 Å². The molecule has 0 amide bonds. The van der Waals surface area contributed by atoms with Crippen LogP contribution < -0.4 is 4.72 Å². The maximum absolute atomic E-state index is 12.2. The monoisotopic (exact) mass is 319 g/mol. The van der Waals surface area contributed by atoms with Gasteiger partial charge in [0.25, 0.3) is 0 Å². The van der Waals surface area contributed by atoms with Crippen molar-refractivity contribution in [3.05, 3.63) is 52.4 Å². The molecule has 0 radical (unpaired) electrons. The Kier molecular flexibility index (Phi) is 4.20. The molecule has 4 nitrogen and oxygen atoms in total. The number of hydrogen-bond acceptors (Lipinski definition) is 3. The molecule has 0 spiro atoms. The molecule has 0 aliphatic rings. The zero-order valence-electron chi connectivity index (χ0n) is 9.93. The van der Waals surface area contributed by atoms with Crippen molar-refractivity contribution in [2.24, 2.45) is 0 Å². The molecule has 1 aromatic carbocycles. The van der Waals surface area contributed by atoms with Crippen molar-refractivity contribution in [1.82, 2.24) is 4.72 Å². The summed E-state index contributed by atoms with van der Waals surface area (Å²) in [6, 6.07) is 7.32. The lowest BCUT2D eigenvalue weighted by atomic mass is 10.3. The van der Waals surface area contributed by atoms with E-state index in [1.807, 2.05) is 0 Å². The Morgan fingerprint density at radius 1 is 1.21 bits per heavy atom. The lowest BCUT2D eigenvalue weighted by Gasteiger charge is -2.13. The van der Waals surface area contributed by atoms with Gasteiger partial charge in [-0.25, -0.2) is 13.1 Å². The summed E-state index contributed by atoms with van der Waals surface area (Å²) in [7, 11) is -3.77. The van der Waals surface area contributed by atoms with Crippen molar-refractivity contribution in [2.45, 2.75) is 17.9 Å². The number of hydrogen-bond donors (Lipinski definition) is 1. The van der Waals surface area contributed by atoms with E-state index in [1.165, 1.54) is 24.5 Å². The molecule has 2 rings (SSSR count). The average Bonchev–Trinajstić information content (AvgIpc) is 2.85. The maximum Gasteiger partial charge on any atom is 0.242 e. The van der Waals surface area contributed by atoms with Gasteiger partial charge in [-0.1, -0.05) is 29.3 Å². The number of furan rings is 1. The fourth-order valence-electron chi connectivity index (χ4n) is 1.58. The van der Waals surface area contributed by atoms with E-state index < -0.39 is 16.1 Å². The predicted octanol–water partition coefficient (Wildman–Crippen LogP) is 3.63. The molecular formula is C12H11Cl2NO3S. The van der Waals surface area contributed by atoms with Gasteiger partial charge in [0, 0.05) is 0 Å². The Labute approximate surface area is 121 Å². The normalized spacial score (nSPS) is 13.4. The van der Waals surface area contributed by atoms with Gasteiger partial charge in [-0.2, -0.15) is 0 Å². The van der Waals surface area contributed by atoms with Crippen molar-refractivity contribution in [2.75, 3.05) is 0 Å². The fourth-order valence-corrected chi connectivity index (χ4v) is 3.56. The zero-order valence-corrected chi connectivity index (χ0v) is 12.3. The summed E-state index contributed by atoms with van der Waals surface area (Å²) in [4.78, 5) is -0.0555. The molecule has 0 fully saturated rings. The first-order valence-electron chi connectivity index (χ1n) is 5.41. The topological polar surface area (TPSA) is 59.3 Å². The Morgan fingerprint density at radius 2 is 1.95 bits per heavy atom. The van der Waals surface area contributed by atoms with Crippen molar-refractivity contribution >= 4 is 33.2 Å². The van der Waals surface area contributed by atoms with E-state index in [9.17, 15) is 8.42 Å². The molecule has 0 bridgehead atoms. The van der Waals surface area contributed by atoms with Crippen molar-refractivity contribution in [3.63, 3.8) is 0 Å². The molecule has 2 aromatic rings. The number of sulfonamides is 1. The van der Waals surface area contributed by atoms with E-state index >= 15 is 0 Å². The summed E-state index contributed by atoms with van der Waals surface area (Å²) in [5.41, 5.74) is 0. The van der Waals surface area contributed by atoms with Gasteiger partial charge in [0.05, 0.1) is 22.4 Å².